The third-order valence-electron chi connectivity index (χ3n) is 3.81. The van der Waals surface area contributed by atoms with E-state index in [1.807, 2.05) is 24.0 Å². The fraction of sp³-hybridized carbons (Fsp3) is 0.375. The summed E-state index contributed by atoms with van der Waals surface area (Å²) in [5.74, 6) is 0.733. The monoisotopic (exact) mass is 286 g/mol. The lowest BCUT2D eigenvalue weighted by Gasteiger charge is -2.25. The number of hydrogen-bond acceptors (Lipinski definition) is 5. The first-order valence-electron chi connectivity index (χ1n) is 7.21. The molecule has 1 aliphatic rings. The second-order valence-corrected chi connectivity index (χ2v) is 5.14. The van der Waals surface area contributed by atoms with Crippen LogP contribution in [0.3, 0.4) is 0 Å². The van der Waals surface area contributed by atoms with Crippen LogP contribution in [0.1, 0.15) is 19.8 Å². The lowest BCUT2D eigenvalue weighted by molar-refractivity contribution is -0.144. The third kappa shape index (κ3) is 2.51. The number of pyridine rings is 1. The Morgan fingerprint density at radius 1 is 1.48 bits per heavy atom. The molecule has 1 atom stereocenters. The van der Waals surface area contributed by atoms with Crippen LogP contribution in [0, 0.1) is 0 Å². The molecule has 0 bridgehead atoms. The van der Waals surface area contributed by atoms with Crippen molar-refractivity contribution in [2.75, 3.05) is 18.1 Å². The highest BCUT2D eigenvalue weighted by Crippen LogP contribution is 2.32. The molecule has 110 valence electrons. The molecule has 5 nitrogen and oxygen atoms in total. The standard InChI is InChI=1S/C16H18N2O3/c1-2-21-16(20)14-4-3-9-18(14)15-13-10-12(19)6-5-11(13)7-8-17-15/h5-8,10,14,19H,2-4,9H2,1H3. The zero-order valence-electron chi connectivity index (χ0n) is 12.0. The summed E-state index contributed by atoms with van der Waals surface area (Å²) in [5.41, 5.74) is 0. The largest absolute Gasteiger partial charge is 0.508 e. The van der Waals surface area contributed by atoms with Gasteiger partial charge in [0.15, 0.2) is 0 Å². The van der Waals surface area contributed by atoms with Gasteiger partial charge in [0.1, 0.15) is 17.6 Å². The highest BCUT2D eigenvalue weighted by Gasteiger charge is 2.33. The number of phenolic OH excluding ortho intramolecular Hbond substituents is 1. The summed E-state index contributed by atoms with van der Waals surface area (Å²) in [7, 11) is 0. The molecule has 1 unspecified atom stereocenters. The Balaban J connectivity index is 2.03. The Hall–Kier alpha value is -2.30. The van der Waals surface area contributed by atoms with Gasteiger partial charge < -0.3 is 14.7 Å². The first-order valence-corrected chi connectivity index (χ1v) is 7.21. The Kier molecular flexibility index (Phi) is 3.64. The van der Waals surface area contributed by atoms with Gasteiger partial charge in [-0.05, 0) is 43.4 Å². The van der Waals surface area contributed by atoms with Crippen molar-refractivity contribution < 1.29 is 14.6 Å². The highest BCUT2D eigenvalue weighted by molar-refractivity contribution is 5.95. The molecule has 0 amide bonds. The topological polar surface area (TPSA) is 62.7 Å². The molecule has 0 saturated carbocycles. The summed E-state index contributed by atoms with van der Waals surface area (Å²) in [6.07, 6.45) is 3.44. The van der Waals surface area contributed by atoms with E-state index < -0.39 is 0 Å². The van der Waals surface area contributed by atoms with Crippen LogP contribution in [-0.4, -0.2) is 35.3 Å². The fourth-order valence-electron chi connectivity index (χ4n) is 2.87. The van der Waals surface area contributed by atoms with Crippen molar-refractivity contribution in [2.24, 2.45) is 0 Å². The zero-order valence-corrected chi connectivity index (χ0v) is 12.0. The summed E-state index contributed by atoms with van der Waals surface area (Å²) in [4.78, 5) is 18.5. The number of hydrogen-bond donors (Lipinski definition) is 1. The van der Waals surface area contributed by atoms with E-state index in [-0.39, 0.29) is 17.8 Å². The van der Waals surface area contributed by atoms with Gasteiger partial charge in [-0.2, -0.15) is 0 Å². The van der Waals surface area contributed by atoms with Crippen LogP contribution in [-0.2, 0) is 9.53 Å². The highest BCUT2D eigenvalue weighted by atomic mass is 16.5. The molecule has 2 heterocycles. The van der Waals surface area contributed by atoms with E-state index in [1.165, 1.54) is 0 Å². The maximum atomic E-state index is 12.1. The molecule has 1 aromatic heterocycles. The second-order valence-electron chi connectivity index (χ2n) is 5.14. The van der Waals surface area contributed by atoms with Crippen LogP contribution < -0.4 is 4.90 Å². The van der Waals surface area contributed by atoms with Crippen LogP contribution in [0.2, 0.25) is 0 Å². The van der Waals surface area contributed by atoms with Gasteiger partial charge in [0, 0.05) is 18.1 Å². The quantitative estimate of drug-likeness (QED) is 0.878. The molecule has 5 heteroatoms. The lowest BCUT2D eigenvalue weighted by Crippen LogP contribution is -2.37. The number of carbonyl (C=O) groups excluding carboxylic acids is 1. The Bertz CT molecular complexity index is 672. The van der Waals surface area contributed by atoms with E-state index in [2.05, 4.69) is 4.98 Å². The molecule has 3 rings (SSSR count). The van der Waals surface area contributed by atoms with Gasteiger partial charge in [0.05, 0.1) is 6.61 Å². The van der Waals surface area contributed by atoms with Crippen molar-refractivity contribution in [1.82, 2.24) is 4.98 Å². The van der Waals surface area contributed by atoms with Crippen LogP contribution in [0.15, 0.2) is 30.5 Å². The van der Waals surface area contributed by atoms with E-state index in [1.54, 1.807) is 18.3 Å². The minimum Gasteiger partial charge on any atom is -0.508 e. The van der Waals surface area contributed by atoms with Crippen LogP contribution in [0.5, 0.6) is 5.75 Å². The summed E-state index contributed by atoms with van der Waals surface area (Å²) in [5, 5.41) is 11.6. The first kappa shape index (κ1) is 13.7. The number of benzene rings is 1. The number of carbonyl (C=O) groups is 1. The maximum Gasteiger partial charge on any atom is 0.328 e. The van der Waals surface area contributed by atoms with Gasteiger partial charge in [0.25, 0.3) is 0 Å². The number of rotatable bonds is 3. The average Bonchev–Trinajstić information content (AvgIpc) is 2.96. The molecule has 0 aliphatic carbocycles. The molecule has 21 heavy (non-hydrogen) atoms. The molecular formula is C16H18N2O3. The van der Waals surface area contributed by atoms with E-state index >= 15 is 0 Å². The van der Waals surface area contributed by atoms with Crippen LogP contribution in [0.4, 0.5) is 5.82 Å². The average molecular weight is 286 g/mol. The number of esters is 1. The molecular weight excluding hydrogens is 268 g/mol. The number of anilines is 1. The van der Waals surface area contributed by atoms with Crippen molar-refractivity contribution in [1.29, 1.82) is 0 Å². The molecule has 1 fully saturated rings. The first-order chi connectivity index (χ1) is 10.2. The number of nitrogens with zero attached hydrogens (tertiary/aromatic N) is 2. The van der Waals surface area contributed by atoms with Gasteiger partial charge in [-0.3, -0.25) is 0 Å². The molecule has 1 aromatic carbocycles. The molecule has 0 radical (unpaired) electrons. The van der Waals surface area contributed by atoms with Gasteiger partial charge in [0.2, 0.25) is 0 Å². The molecule has 1 N–H and O–H groups in total. The summed E-state index contributed by atoms with van der Waals surface area (Å²) >= 11 is 0. The summed E-state index contributed by atoms with van der Waals surface area (Å²) < 4.78 is 5.16. The molecule has 1 saturated heterocycles. The van der Waals surface area contributed by atoms with Crippen molar-refractivity contribution in [3.05, 3.63) is 30.5 Å². The molecule has 0 spiro atoms. The van der Waals surface area contributed by atoms with Crippen molar-refractivity contribution >= 4 is 22.6 Å². The summed E-state index contributed by atoms with van der Waals surface area (Å²) in [6.45, 7) is 2.96. The number of fused-ring (bicyclic) bond motifs is 1. The molecule has 1 aliphatic heterocycles. The predicted octanol–water partition coefficient (Wildman–Crippen LogP) is 2.47. The zero-order chi connectivity index (χ0) is 14.8. The van der Waals surface area contributed by atoms with Gasteiger partial charge in [-0.25, -0.2) is 9.78 Å². The van der Waals surface area contributed by atoms with Crippen molar-refractivity contribution in [3.63, 3.8) is 0 Å². The van der Waals surface area contributed by atoms with E-state index in [4.69, 9.17) is 4.74 Å². The normalized spacial score (nSPS) is 18.1. The second kappa shape index (κ2) is 5.60. The Morgan fingerprint density at radius 3 is 3.14 bits per heavy atom. The van der Waals surface area contributed by atoms with Crippen molar-refractivity contribution in [3.8, 4) is 5.75 Å². The van der Waals surface area contributed by atoms with E-state index in [0.29, 0.717) is 6.61 Å². The number of aromatic nitrogens is 1. The number of phenols is 1. The summed E-state index contributed by atoms with van der Waals surface area (Å²) in [6, 6.07) is 6.81. The third-order valence-corrected chi connectivity index (χ3v) is 3.81. The van der Waals surface area contributed by atoms with E-state index in [0.717, 1.165) is 36.0 Å². The minimum atomic E-state index is -0.287. The minimum absolute atomic E-state index is 0.198. The van der Waals surface area contributed by atoms with Gasteiger partial charge >= 0.3 is 5.97 Å². The van der Waals surface area contributed by atoms with Gasteiger partial charge in [-0.1, -0.05) is 6.07 Å². The van der Waals surface area contributed by atoms with Crippen LogP contribution >= 0.6 is 0 Å². The van der Waals surface area contributed by atoms with Crippen molar-refractivity contribution in [2.45, 2.75) is 25.8 Å². The Labute approximate surface area is 123 Å². The Morgan fingerprint density at radius 2 is 2.33 bits per heavy atom. The van der Waals surface area contributed by atoms with Gasteiger partial charge in [-0.15, -0.1) is 0 Å². The number of ether oxygens (including phenoxy) is 1. The molecule has 2 aromatic rings. The smallest absolute Gasteiger partial charge is 0.328 e. The lowest BCUT2D eigenvalue weighted by atomic mass is 10.1. The van der Waals surface area contributed by atoms with Crippen LogP contribution in [0.25, 0.3) is 10.8 Å². The van der Waals surface area contributed by atoms with E-state index in [9.17, 15) is 9.90 Å². The predicted molar refractivity (Wildman–Crippen MR) is 80.4 cm³/mol. The SMILES string of the molecule is CCOC(=O)C1CCCN1c1nccc2ccc(O)cc12. The fourth-order valence-corrected chi connectivity index (χ4v) is 2.87. The maximum absolute atomic E-state index is 12.1. The number of aromatic hydroxyl groups is 1.